The lowest BCUT2D eigenvalue weighted by atomic mass is 9.87. The molecular weight excluding hydrogens is 248 g/mol. The Hall–Kier alpha value is -0.130. The Balaban J connectivity index is 2.03. The molecule has 0 amide bonds. The Kier molecular flexibility index (Phi) is 4.67. The first kappa shape index (κ1) is 14.3. The molecule has 2 fully saturated rings. The van der Waals surface area contributed by atoms with E-state index in [1.807, 2.05) is 0 Å². The lowest BCUT2D eigenvalue weighted by Gasteiger charge is -2.36. The maximum Gasteiger partial charge on any atom is 0.217 e. The molecular formula is C13H26N2O2S. The first-order valence-corrected chi connectivity index (χ1v) is 8.69. The van der Waals surface area contributed by atoms with Crippen molar-refractivity contribution in [3.05, 3.63) is 0 Å². The van der Waals surface area contributed by atoms with Crippen molar-refractivity contribution < 1.29 is 8.42 Å². The molecule has 1 saturated heterocycles. The summed E-state index contributed by atoms with van der Waals surface area (Å²) < 4.78 is 26.9. The minimum atomic E-state index is -3.09. The predicted octanol–water partition coefficient (Wildman–Crippen LogP) is 1.58. The standard InChI is InChI=1S/C13H26N2O2S/c1-11-4-3-5-12(10-11)15(2)18(16,17)13-6-8-14-9-7-13/h11-14H,3-10H2,1-2H3. The van der Waals surface area contributed by atoms with Crippen molar-refractivity contribution in [2.24, 2.45) is 5.92 Å². The number of piperidine rings is 1. The molecule has 0 bridgehead atoms. The van der Waals surface area contributed by atoms with Gasteiger partial charge < -0.3 is 5.32 Å². The van der Waals surface area contributed by atoms with Crippen LogP contribution in [0.5, 0.6) is 0 Å². The van der Waals surface area contributed by atoms with Crippen LogP contribution >= 0.6 is 0 Å². The molecule has 4 nitrogen and oxygen atoms in total. The fourth-order valence-electron chi connectivity index (χ4n) is 3.27. The van der Waals surface area contributed by atoms with Gasteiger partial charge in [-0.2, -0.15) is 0 Å². The fourth-order valence-corrected chi connectivity index (χ4v) is 5.18. The van der Waals surface area contributed by atoms with Gasteiger partial charge in [-0.25, -0.2) is 12.7 Å². The second-order valence-corrected chi connectivity index (χ2v) is 8.21. The smallest absolute Gasteiger partial charge is 0.217 e. The van der Waals surface area contributed by atoms with Gasteiger partial charge in [0.15, 0.2) is 0 Å². The number of nitrogens with one attached hydrogen (secondary N) is 1. The van der Waals surface area contributed by atoms with Crippen LogP contribution in [0.25, 0.3) is 0 Å². The third-order valence-corrected chi connectivity index (χ3v) is 6.95. The van der Waals surface area contributed by atoms with E-state index in [0.29, 0.717) is 5.92 Å². The van der Waals surface area contributed by atoms with Crippen LogP contribution in [-0.4, -0.2) is 44.2 Å². The minimum absolute atomic E-state index is 0.166. The molecule has 5 heteroatoms. The molecule has 1 N–H and O–H groups in total. The predicted molar refractivity (Wildman–Crippen MR) is 74.0 cm³/mol. The fraction of sp³-hybridized carbons (Fsp3) is 1.00. The van der Waals surface area contributed by atoms with Gasteiger partial charge in [-0.1, -0.05) is 19.8 Å². The number of hydrogen-bond donors (Lipinski definition) is 1. The SMILES string of the molecule is CC1CCCC(N(C)S(=O)(=O)C2CCNCC2)C1. The number of sulfonamides is 1. The van der Waals surface area contributed by atoms with E-state index in [2.05, 4.69) is 12.2 Å². The van der Waals surface area contributed by atoms with Crippen molar-refractivity contribution >= 4 is 10.0 Å². The Morgan fingerprint density at radius 2 is 1.78 bits per heavy atom. The molecule has 0 aromatic rings. The summed E-state index contributed by atoms with van der Waals surface area (Å²) >= 11 is 0. The van der Waals surface area contributed by atoms with Crippen molar-refractivity contribution in [3.63, 3.8) is 0 Å². The van der Waals surface area contributed by atoms with E-state index in [-0.39, 0.29) is 11.3 Å². The average Bonchev–Trinajstić information content (AvgIpc) is 2.39. The normalized spacial score (nSPS) is 31.7. The van der Waals surface area contributed by atoms with Gasteiger partial charge in [-0.05, 0) is 44.7 Å². The molecule has 0 radical (unpaired) electrons. The van der Waals surface area contributed by atoms with E-state index in [0.717, 1.165) is 45.2 Å². The van der Waals surface area contributed by atoms with Crippen LogP contribution < -0.4 is 5.32 Å². The van der Waals surface area contributed by atoms with Gasteiger partial charge in [0, 0.05) is 13.1 Å². The van der Waals surface area contributed by atoms with E-state index < -0.39 is 10.0 Å². The molecule has 2 aliphatic rings. The molecule has 106 valence electrons. The molecule has 1 saturated carbocycles. The van der Waals surface area contributed by atoms with Gasteiger partial charge in [0.25, 0.3) is 0 Å². The van der Waals surface area contributed by atoms with Gasteiger partial charge in [0.2, 0.25) is 10.0 Å². The van der Waals surface area contributed by atoms with Crippen LogP contribution in [0.2, 0.25) is 0 Å². The summed E-state index contributed by atoms with van der Waals surface area (Å²) in [4.78, 5) is 0. The second-order valence-electron chi connectivity index (χ2n) is 5.94. The van der Waals surface area contributed by atoms with Crippen molar-refractivity contribution in [3.8, 4) is 0 Å². The van der Waals surface area contributed by atoms with Crippen LogP contribution in [-0.2, 0) is 10.0 Å². The Labute approximate surface area is 111 Å². The molecule has 18 heavy (non-hydrogen) atoms. The largest absolute Gasteiger partial charge is 0.317 e. The van der Waals surface area contributed by atoms with Crippen LogP contribution in [0.15, 0.2) is 0 Å². The van der Waals surface area contributed by atoms with Gasteiger partial charge in [-0.15, -0.1) is 0 Å². The monoisotopic (exact) mass is 274 g/mol. The third kappa shape index (κ3) is 3.06. The minimum Gasteiger partial charge on any atom is -0.317 e. The van der Waals surface area contributed by atoms with E-state index in [1.54, 1.807) is 11.4 Å². The highest BCUT2D eigenvalue weighted by Crippen LogP contribution is 2.30. The molecule has 1 aliphatic carbocycles. The molecule has 2 rings (SSSR count). The van der Waals surface area contributed by atoms with Gasteiger partial charge in [0.05, 0.1) is 5.25 Å². The van der Waals surface area contributed by atoms with E-state index in [1.165, 1.54) is 6.42 Å². The highest BCUT2D eigenvalue weighted by Gasteiger charge is 2.35. The summed E-state index contributed by atoms with van der Waals surface area (Å²) in [6.45, 7) is 3.90. The quantitative estimate of drug-likeness (QED) is 0.850. The van der Waals surface area contributed by atoms with E-state index >= 15 is 0 Å². The lowest BCUT2D eigenvalue weighted by molar-refractivity contribution is 0.236. The van der Waals surface area contributed by atoms with Crippen LogP contribution in [0.1, 0.15) is 45.4 Å². The maximum atomic E-state index is 12.6. The molecule has 0 spiro atoms. The number of hydrogen-bond acceptors (Lipinski definition) is 3. The molecule has 1 aliphatic heterocycles. The molecule has 0 aromatic carbocycles. The molecule has 1 heterocycles. The number of nitrogens with zero attached hydrogens (tertiary/aromatic N) is 1. The summed E-state index contributed by atoms with van der Waals surface area (Å²) in [5.74, 6) is 0.662. The van der Waals surface area contributed by atoms with Crippen molar-refractivity contribution in [2.75, 3.05) is 20.1 Å². The van der Waals surface area contributed by atoms with Crippen LogP contribution in [0.3, 0.4) is 0 Å². The van der Waals surface area contributed by atoms with Crippen molar-refractivity contribution in [1.29, 1.82) is 0 Å². The van der Waals surface area contributed by atoms with Crippen molar-refractivity contribution in [1.82, 2.24) is 9.62 Å². The van der Waals surface area contributed by atoms with E-state index in [9.17, 15) is 8.42 Å². The summed E-state index contributed by atoms with van der Waals surface area (Å²) in [7, 11) is -1.30. The first-order valence-electron chi connectivity index (χ1n) is 7.19. The Morgan fingerprint density at radius 3 is 2.39 bits per heavy atom. The lowest BCUT2D eigenvalue weighted by Crippen LogP contribution is -2.47. The highest BCUT2D eigenvalue weighted by atomic mass is 32.2. The highest BCUT2D eigenvalue weighted by molar-refractivity contribution is 7.89. The third-order valence-electron chi connectivity index (χ3n) is 4.53. The van der Waals surface area contributed by atoms with Gasteiger partial charge >= 0.3 is 0 Å². The Bertz CT molecular complexity index is 363. The summed E-state index contributed by atoms with van der Waals surface area (Å²) in [6, 6.07) is 0.230. The van der Waals surface area contributed by atoms with Crippen LogP contribution in [0.4, 0.5) is 0 Å². The summed E-state index contributed by atoms with van der Waals surface area (Å²) in [5.41, 5.74) is 0. The van der Waals surface area contributed by atoms with E-state index in [4.69, 9.17) is 0 Å². The maximum absolute atomic E-state index is 12.6. The summed E-state index contributed by atoms with van der Waals surface area (Å²) in [6.07, 6.45) is 5.99. The second kappa shape index (κ2) is 5.88. The zero-order valence-electron chi connectivity index (χ0n) is 11.6. The van der Waals surface area contributed by atoms with Gasteiger partial charge in [0.1, 0.15) is 0 Å². The number of rotatable bonds is 3. The van der Waals surface area contributed by atoms with Crippen molar-refractivity contribution in [2.45, 2.75) is 56.7 Å². The zero-order chi connectivity index (χ0) is 13.2. The summed E-state index contributed by atoms with van der Waals surface area (Å²) in [5, 5.41) is 3.06. The first-order chi connectivity index (χ1) is 8.51. The molecule has 2 unspecified atom stereocenters. The average molecular weight is 274 g/mol. The topological polar surface area (TPSA) is 49.4 Å². The zero-order valence-corrected chi connectivity index (χ0v) is 12.4. The molecule has 0 aromatic heterocycles. The van der Waals surface area contributed by atoms with Gasteiger partial charge in [-0.3, -0.25) is 0 Å². The Morgan fingerprint density at radius 1 is 1.11 bits per heavy atom. The molecule has 2 atom stereocenters. The van der Waals surface area contributed by atoms with Crippen LogP contribution in [0, 0.1) is 5.92 Å².